The van der Waals surface area contributed by atoms with Gasteiger partial charge in [-0.25, -0.2) is 4.79 Å². The topological polar surface area (TPSA) is 111 Å². The van der Waals surface area contributed by atoms with Gasteiger partial charge in [-0.1, -0.05) is 37.3 Å². The molecule has 2 amide bonds. The second kappa shape index (κ2) is 10.9. The highest BCUT2D eigenvalue weighted by atomic mass is 16.5. The van der Waals surface area contributed by atoms with Gasteiger partial charge in [0.05, 0.1) is 20.1 Å². The summed E-state index contributed by atoms with van der Waals surface area (Å²) in [5, 5.41) is 5.15. The highest BCUT2D eigenvalue weighted by Crippen LogP contribution is 2.11. The quantitative estimate of drug-likeness (QED) is 0.609. The molecule has 0 radical (unpaired) electrons. The van der Waals surface area contributed by atoms with E-state index in [9.17, 15) is 19.2 Å². The lowest BCUT2D eigenvalue weighted by molar-refractivity contribution is -0.149. The minimum absolute atomic E-state index is 0.0171. The fourth-order valence-electron chi connectivity index (χ4n) is 2.58. The third-order valence-electron chi connectivity index (χ3n) is 3.97. The SMILES string of the molecule is COC(=O)[C@H](C)C[C@H](NC(=O)[C@@H](Cc1ccccc1)NC(C)=O)C(=O)OC. The van der Waals surface area contributed by atoms with E-state index in [4.69, 9.17) is 4.74 Å². The Morgan fingerprint density at radius 1 is 0.926 bits per heavy atom. The molecule has 0 aromatic heterocycles. The molecule has 0 heterocycles. The summed E-state index contributed by atoms with van der Waals surface area (Å²) in [6.07, 6.45) is 0.274. The zero-order valence-corrected chi connectivity index (χ0v) is 16.0. The molecule has 0 aliphatic heterocycles. The number of amides is 2. The molecule has 1 rings (SSSR count). The molecule has 8 nitrogen and oxygen atoms in total. The number of ether oxygens (including phenoxy) is 2. The molecule has 27 heavy (non-hydrogen) atoms. The smallest absolute Gasteiger partial charge is 0.328 e. The van der Waals surface area contributed by atoms with Crippen LogP contribution >= 0.6 is 0 Å². The van der Waals surface area contributed by atoms with E-state index in [0.29, 0.717) is 0 Å². The van der Waals surface area contributed by atoms with Crippen LogP contribution in [0.15, 0.2) is 30.3 Å². The second-order valence-electron chi connectivity index (χ2n) is 6.19. The summed E-state index contributed by atoms with van der Waals surface area (Å²) >= 11 is 0. The van der Waals surface area contributed by atoms with Gasteiger partial charge < -0.3 is 20.1 Å². The maximum atomic E-state index is 12.7. The van der Waals surface area contributed by atoms with E-state index < -0.39 is 35.8 Å². The molecular weight excluding hydrogens is 352 g/mol. The molecule has 0 spiro atoms. The minimum Gasteiger partial charge on any atom is -0.469 e. The van der Waals surface area contributed by atoms with Crippen LogP contribution in [0.1, 0.15) is 25.8 Å². The maximum absolute atomic E-state index is 12.7. The van der Waals surface area contributed by atoms with Crippen molar-refractivity contribution in [1.29, 1.82) is 0 Å². The van der Waals surface area contributed by atoms with Gasteiger partial charge in [0, 0.05) is 13.3 Å². The summed E-state index contributed by atoms with van der Waals surface area (Å²) in [4.78, 5) is 47.8. The lowest BCUT2D eigenvalue weighted by atomic mass is 10.0. The summed E-state index contributed by atoms with van der Waals surface area (Å²) < 4.78 is 9.36. The fourth-order valence-corrected chi connectivity index (χ4v) is 2.58. The van der Waals surface area contributed by atoms with Crippen molar-refractivity contribution in [3.63, 3.8) is 0 Å². The van der Waals surface area contributed by atoms with Gasteiger partial charge in [-0.05, 0) is 12.0 Å². The predicted molar refractivity (Wildman–Crippen MR) is 97.5 cm³/mol. The minimum atomic E-state index is -1.04. The number of carbonyl (C=O) groups is 4. The van der Waals surface area contributed by atoms with Crippen molar-refractivity contribution < 1.29 is 28.7 Å². The summed E-state index contributed by atoms with van der Waals surface area (Å²) in [6.45, 7) is 2.89. The van der Waals surface area contributed by atoms with Gasteiger partial charge in [0.15, 0.2) is 0 Å². The van der Waals surface area contributed by atoms with Crippen LogP contribution in [0, 0.1) is 5.92 Å². The zero-order valence-electron chi connectivity index (χ0n) is 16.0. The number of rotatable bonds is 9. The standard InChI is InChI=1S/C19H26N2O6/c1-12(18(24)26-3)10-16(19(25)27-4)21-17(23)15(20-13(2)22)11-14-8-6-5-7-9-14/h5-9,12,15-16H,10-11H2,1-4H3,(H,20,22)(H,21,23)/t12-,15-,16+/m1/s1. The molecule has 0 fully saturated rings. The summed E-state index contributed by atoms with van der Waals surface area (Å²) in [7, 11) is 2.44. The van der Waals surface area contributed by atoms with Gasteiger partial charge in [0.2, 0.25) is 11.8 Å². The number of nitrogens with one attached hydrogen (secondary N) is 2. The van der Waals surface area contributed by atoms with Gasteiger partial charge in [-0.2, -0.15) is 0 Å². The Balaban J connectivity index is 2.91. The number of hydrogen-bond donors (Lipinski definition) is 2. The molecule has 0 aliphatic carbocycles. The average molecular weight is 378 g/mol. The molecule has 0 saturated carbocycles. The molecule has 1 aromatic rings. The molecule has 0 unspecified atom stereocenters. The maximum Gasteiger partial charge on any atom is 0.328 e. The van der Waals surface area contributed by atoms with Crippen LogP contribution in [0.2, 0.25) is 0 Å². The molecule has 0 bridgehead atoms. The van der Waals surface area contributed by atoms with E-state index in [-0.39, 0.29) is 18.7 Å². The number of benzene rings is 1. The molecule has 2 N–H and O–H groups in total. The summed E-state index contributed by atoms with van der Waals surface area (Å²) in [6, 6.07) is 7.26. The van der Waals surface area contributed by atoms with Crippen LogP contribution in [0.25, 0.3) is 0 Å². The molecular formula is C19H26N2O6. The Morgan fingerprint density at radius 3 is 2.04 bits per heavy atom. The van der Waals surface area contributed by atoms with Gasteiger partial charge in [-0.3, -0.25) is 14.4 Å². The highest BCUT2D eigenvalue weighted by molar-refractivity contribution is 5.90. The van der Waals surface area contributed by atoms with Crippen molar-refractivity contribution in [2.24, 2.45) is 5.92 Å². The normalized spacial score (nSPS) is 13.6. The number of carbonyl (C=O) groups excluding carboxylic acids is 4. The van der Waals surface area contributed by atoms with Crippen LogP contribution in [-0.2, 0) is 35.1 Å². The van der Waals surface area contributed by atoms with Crippen molar-refractivity contribution in [2.45, 2.75) is 38.8 Å². The first-order chi connectivity index (χ1) is 12.8. The second-order valence-corrected chi connectivity index (χ2v) is 6.19. The number of hydrogen-bond acceptors (Lipinski definition) is 6. The van der Waals surface area contributed by atoms with Gasteiger partial charge >= 0.3 is 11.9 Å². The average Bonchev–Trinajstić information content (AvgIpc) is 2.65. The summed E-state index contributed by atoms with van der Waals surface area (Å²) in [5.74, 6) is -2.71. The molecule has 3 atom stereocenters. The van der Waals surface area contributed by atoms with E-state index in [1.165, 1.54) is 21.1 Å². The first-order valence-electron chi connectivity index (χ1n) is 8.55. The van der Waals surface area contributed by atoms with Gasteiger partial charge in [0.25, 0.3) is 0 Å². The lowest BCUT2D eigenvalue weighted by Gasteiger charge is -2.23. The van der Waals surface area contributed by atoms with Gasteiger partial charge in [0.1, 0.15) is 12.1 Å². The third kappa shape index (κ3) is 7.47. The molecule has 1 aromatic carbocycles. The lowest BCUT2D eigenvalue weighted by Crippen LogP contribution is -2.53. The van der Waals surface area contributed by atoms with E-state index in [1.54, 1.807) is 6.92 Å². The first-order valence-corrected chi connectivity index (χ1v) is 8.55. The Hall–Kier alpha value is -2.90. The third-order valence-corrected chi connectivity index (χ3v) is 3.97. The van der Waals surface area contributed by atoms with Crippen molar-refractivity contribution >= 4 is 23.8 Å². The van der Waals surface area contributed by atoms with Crippen LogP contribution < -0.4 is 10.6 Å². The molecule has 0 aliphatic rings. The first kappa shape index (κ1) is 22.1. The van der Waals surface area contributed by atoms with E-state index in [1.807, 2.05) is 30.3 Å². The van der Waals surface area contributed by atoms with E-state index >= 15 is 0 Å². The Kier molecular flexibility index (Phi) is 8.98. The Bertz CT molecular complexity index is 661. The predicted octanol–water partition coefficient (Wildman–Crippen LogP) is 0.591. The molecule has 0 saturated heterocycles. The van der Waals surface area contributed by atoms with Crippen molar-refractivity contribution in [1.82, 2.24) is 10.6 Å². The highest BCUT2D eigenvalue weighted by Gasteiger charge is 2.30. The Labute approximate surface area is 158 Å². The number of methoxy groups -OCH3 is 2. The van der Waals surface area contributed by atoms with Crippen LogP contribution in [0.5, 0.6) is 0 Å². The van der Waals surface area contributed by atoms with Crippen LogP contribution in [0.4, 0.5) is 0 Å². The largest absolute Gasteiger partial charge is 0.469 e. The monoisotopic (exact) mass is 378 g/mol. The fraction of sp³-hybridized carbons (Fsp3) is 0.474. The van der Waals surface area contributed by atoms with Crippen molar-refractivity contribution in [3.05, 3.63) is 35.9 Å². The molecule has 148 valence electrons. The van der Waals surface area contributed by atoms with Crippen LogP contribution in [0.3, 0.4) is 0 Å². The number of esters is 2. The molecule has 8 heteroatoms. The summed E-state index contributed by atoms with van der Waals surface area (Å²) in [5.41, 5.74) is 0.851. The van der Waals surface area contributed by atoms with Crippen molar-refractivity contribution in [3.8, 4) is 0 Å². The zero-order chi connectivity index (χ0) is 20.4. The van der Waals surface area contributed by atoms with E-state index in [0.717, 1.165) is 5.56 Å². The van der Waals surface area contributed by atoms with Crippen molar-refractivity contribution in [2.75, 3.05) is 14.2 Å². The van der Waals surface area contributed by atoms with Gasteiger partial charge in [-0.15, -0.1) is 0 Å². The Morgan fingerprint density at radius 2 is 1.52 bits per heavy atom. The van der Waals surface area contributed by atoms with Crippen LogP contribution in [-0.4, -0.2) is 50.1 Å². The van der Waals surface area contributed by atoms with E-state index in [2.05, 4.69) is 15.4 Å².